The maximum atomic E-state index is 13.9. The molecule has 1 saturated heterocycles. The van der Waals surface area contributed by atoms with Gasteiger partial charge in [0.25, 0.3) is 0 Å². The summed E-state index contributed by atoms with van der Waals surface area (Å²) in [7, 11) is 1.86. The third-order valence-electron chi connectivity index (χ3n) is 3.86. The summed E-state index contributed by atoms with van der Waals surface area (Å²) in [5.41, 5.74) is 0.347. The number of rotatable bonds is 4. The van der Waals surface area contributed by atoms with Crippen LogP contribution < -0.4 is 4.90 Å². The first-order valence-corrected chi connectivity index (χ1v) is 7.19. The summed E-state index contributed by atoms with van der Waals surface area (Å²) in [5, 5.41) is 0. The van der Waals surface area contributed by atoms with Crippen LogP contribution in [0.25, 0.3) is 0 Å². The number of amides is 1. The van der Waals surface area contributed by atoms with Crippen molar-refractivity contribution in [2.45, 2.75) is 19.0 Å². The van der Waals surface area contributed by atoms with Crippen LogP contribution in [0, 0.1) is 5.82 Å². The normalized spacial score (nSPS) is 18.2. The van der Waals surface area contributed by atoms with Crippen LogP contribution in [0.3, 0.4) is 0 Å². The van der Waals surface area contributed by atoms with E-state index >= 15 is 0 Å². The van der Waals surface area contributed by atoms with Crippen LogP contribution in [0.15, 0.2) is 42.7 Å². The Morgan fingerprint density at radius 2 is 2.00 bits per heavy atom. The SMILES string of the molecule is CN(Cc1ncccn1)[C@H]1CCN(c2ccccc2F)C1=O. The van der Waals surface area contributed by atoms with Crippen LogP contribution in [0.1, 0.15) is 12.2 Å². The Morgan fingerprint density at radius 1 is 1.27 bits per heavy atom. The molecule has 1 atom stereocenters. The molecule has 2 heterocycles. The number of aromatic nitrogens is 2. The molecule has 0 unspecified atom stereocenters. The van der Waals surface area contributed by atoms with Gasteiger partial charge in [-0.25, -0.2) is 14.4 Å². The van der Waals surface area contributed by atoms with Crippen molar-refractivity contribution in [1.82, 2.24) is 14.9 Å². The van der Waals surface area contributed by atoms with Gasteiger partial charge in [0.05, 0.1) is 18.3 Å². The molecule has 1 aliphatic heterocycles. The number of likely N-dealkylation sites (N-methyl/N-ethyl adjacent to an activating group) is 1. The third kappa shape index (κ3) is 2.82. The number of para-hydroxylation sites is 1. The first-order valence-electron chi connectivity index (χ1n) is 7.19. The van der Waals surface area contributed by atoms with E-state index in [4.69, 9.17) is 0 Å². The molecule has 1 aromatic heterocycles. The fourth-order valence-corrected chi connectivity index (χ4v) is 2.73. The summed E-state index contributed by atoms with van der Waals surface area (Å²) < 4.78 is 13.9. The highest BCUT2D eigenvalue weighted by molar-refractivity contribution is 5.99. The van der Waals surface area contributed by atoms with Crippen molar-refractivity contribution in [2.24, 2.45) is 0 Å². The van der Waals surface area contributed by atoms with E-state index in [-0.39, 0.29) is 17.8 Å². The average Bonchev–Trinajstić information content (AvgIpc) is 2.90. The number of hydrogen-bond donors (Lipinski definition) is 0. The largest absolute Gasteiger partial charge is 0.308 e. The first-order chi connectivity index (χ1) is 10.7. The molecule has 2 aromatic rings. The van der Waals surface area contributed by atoms with Crippen LogP contribution in [0.5, 0.6) is 0 Å². The zero-order valence-electron chi connectivity index (χ0n) is 12.3. The number of halogens is 1. The predicted molar refractivity (Wildman–Crippen MR) is 80.7 cm³/mol. The van der Waals surface area contributed by atoms with E-state index in [2.05, 4.69) is 9.97 Å². The van der Waals surface area contributed by atoms with Gasteiger partial charge in [-0.2, -0.15) is 0 Å². The van der Waals surface area contributed by atoms with E-state index in [1.54, 1.807) is 36.7 Å². The van der Waals surface area contributed by atoms with Crippen LogP contribution in [-0.4, -0.2) is 40.4 Å². The van der Waals surface area contributed by atoms with Crippen LogP contribution in [-0.2, 0) is 11.3 Å². The second-order valence-electron chi connectivity index (χ2n) is 5.33. The van der Waals surface area contributed by atoms with Gasteiger partial charge in [0.15, 0.2) is 0 Å². The molecule has 5 nitrogen and oxygen atoms in total. The smallest absolute Gasteiger partial charge is 0.244 e. The summed E-state index contributed by atoms with van der Waals surface area (Å²) in [4.78, 5) is 24.3. The average molecular weight is 300 g/mol. The van der Waals surface area contributed by atoms with Crippen molar-refractivity contribution in [3.63, 3.8) is 0 Å². The van der Waals surface area contributed by atoms with E-state index in [9.17, 15) is 9.18 Å². The summed E-state index contributed by atoms with van der Waals surface area (Å²) in [5.74, 6) is 0.219. The fourth-order valence-electron chi connectivity index (χ4n) is 2.73. The molecule has 0 bridgehead atoms. The molecule has 1 aliphatic rings. The zero-order valence-corrected chi connectivity index (χ0v) is 12.3. The van der Waals surface area contributed by atoms with Gasteiger partial charge in [-0.15, -0.1) is 0 Å². The van der Waals surface area contributed by atoms with Crippen LogP contribution >= 0.6 is 0 Å². The Hall–Kier alpha value is -2.34. The Kier molecular flexibility index (Phi) is 4.11. The van der Waals surface area contributed by atoms with Crippen LogP contribution in [0.4, 0.5) is 10.1 Å². The highest BCUT2D eigenvalue weighted by atomic mass is 19.1. The predicted octanol–water partition coefficient (Wildman–Crippen LogP) is 1.85. The minimum Gasteiger partial charge on any atom is -0.308 e. The van der Waals surface area contributed by atoms with Gasteiger partial charge in [0, 0.05) is 18.9 Å². The van der Waals surface area contributed by atoms with E-state index in [0.29, 0.717) is 31.0 Å². The molecule has 0 spiro atoms. The summed E-state index contributed by atoms with van der Waals surface area (Å²) >= 11 is 0. The van der Waals surface area contributed by atoms with Crippen molar-refractivity contribution < 1.29 is 9.18 Å². The molecule has 0 aliphatic carbocycles. The summed E-state index contributed by atoms with van der Waals surface area (Å²) in [6, 6.07) is 7.84. The molecule has 1 fully saturated rings. The molecule has 6 heteroatoms. The standard InChI is InChI=1S/C16H17FN4O/c1-20(11-15-18-8-4-9-19-15)14-7-10-21(16(14)22)13-6-3-2-5-12(13)17/h2-6,8-9,14H,7,10-11H2,1H3/t14-/m0/s1. The zero-order chi connectivity index (χ0) is 15.5. The topological polar surface area (TPSA) is 49.3 Å². The molecular formula is C16H17FN4O. The molecule has 1 amide bonds. The van der Waals surface area contributed by atoms with Crippen molar-refractivity contribution in [1.29, 1.82) is 0 Å². The molecule has 0 saturated carbocycles. The monoisotopic (exact) mass is 300 g/mol. The van der Waals surface area contributed by atoms with Gasteiger partial charge >= 0.3 is 0 Å². The van der Waals surface area contributed by atoms with E-state index in [1.165, 1.54) is 11.0 Å². The molecule has 22 heavy (non-hydrogen) atoms. The van der Waals surface area contributed by atoms with Gasteiger partial charge in [0.2, 0.25) is 5.91 Å². The van der Waals surface area contributed by atoms with Crippen LogP contribution in [0.2, 0.25) is 0 Å². The van der Waals surface area contributed by atoms with E-state index in [0.717, 1.165) is 0 Å². The van der Waals surface area contributed by atoms with Gasteiger partial charge in [-0.3, -0.25) is 9.69 Å². The number of carbonyl (C=O) groups excluding carboxylic acids is 1. The number of benzene rings is 1. The molecular weight excluding hydrogens is 283 g/mol. The highest BCUT2D eigenvalue weighted by Crippen LogP contribution is 2.26. The summed E-state index contributed by atoms with van der Waals surface area (Å²) in [6.07, 6.45) is 4.02. The number of anilines is 1. The Bertz CT molecular complexity index is 664. The van der Waals surface area contributed by atoms with E-state index < -0.39 is 0 Å². The quantitative estimate of drug-likeness (QED) is 0.864. The van der Waals surface area contributed by atoms with Gasteiger partial charge in [-0.05, 0) is 31.7 Å². The minimum atomic E-state index is -0.370. The second kappa shape index (κ2) is 6.19. The van der Waals surface area contributed by atoms with Gasteiger partial charge < -0.3 is 4.90 Å². The van der Waals surface area contributed by atoms with Gasteiger partial charge in [-0.1, -0.05) is 12.1 Å². The lowest BCUT2D eigenvalue weighted by Gasteiger charge is -2.23. The minimum absolute atomic E-state index is 0.0801. The Labute approximate surface area is 128 Å². The lowest BCUT2D eigenvalue weighted by molar-refractivity contribution is -0.121. The second-order valence-corrected chi connectivity index (χ2v) is 5.33. The number of carbonyl (C=O) groups is 1. The molecule has 0 N–H and O–H groups in total. The lowest BCUT2D eigenvalue weighted by atomic mass is 10.2. The lowest BCUT2D eigenvalue weighted by Crippen LogP contribution is -2.39. The van der Waals surface area contributed by atoms with Crippen molar-refractivity contribution in [2.75, 3.05) is 18.5 Å². The van der Waals surface area contributed by atoms with E-state index in [1.807, 2.05) is 11.9 Å². The fraction of sp³-hybridized carbons (Fsp3) is 0.312. The third-order valence-corrected chi connectivity index (χ3v) is 3.86. The maximum absolute atomic E-state index is 13.9. The number of hydrogen-bond acceptors (Lipinski definition) is 4. The van der Waals surface area contributed by atoms with Crippen molar-refractivity contribution in [3.8, 4) is 0 Å². The summed E-state index contributed by atoms with van der Waals surface area (Å²) in [6.45, 7) is 1.01. The molecule has 114 valence electrons. The van der Waals surface area contributed by atoms with Crippen molar-refractivity contribution in [3.05, 3.63) is 54.4 Å². The highest BCUT2D eigenvalue weighted by Gasteiger charge is 2.36. The Balaban J connectivity index is 1.72. The van der Waals surface area contributed by atoms with Crippen molar-refractivity contribution >= 4 is 11.6 Å². The van der Waals surface area contributed by atoms with Gasteiger partial charge in [0.1, 0.15) is 11.6 Å². The maximum Gasteiger partial charge on any atom is 0.244 e. The first kappa shape index (κ1) is 14.6. The molecule has 0 radical (unpaired) electrons. The number of nitrogens with zero attached hydrogens (tertiary/aromatic N) is 4. The molecule has 3 rings (SSSR count). The Morgan fingerprint density at radius 3 is 2.73 bits per heavy atom. The molecule has 1 aromatic carbocycles.